The van der Waals surface area contributed by atoms with E-state index < -0.39 is 0 Å². The second-order valence-corrected chi connectivity index (χ2v) is 15.9. The minimum absolute atomic E-state index is 0.587. The van der Waals surface area contributed by atoms with Gasteiger partial charge in [0, 0.05) is 0 Å². The van der Waals surface area contributed by atoms with Crippen molar-refractivity contribution in [2.45, 2.75) is 207 Å². The normalized spacial score (nSPS) is 11.4. The average molecular weight is 763 g/mol. The van der Waals surface area contributed by atoms with Gasteiger partial charge in [-0.1, -0.05) is 168 Å². The lowest BCUT2D eigenvalue weighted by Gasteiger charge is -2.11. The van der Waals surface area contributed by atoms with E-state index in [9.17, 15) is 0 Å². The van der Waals surface area contributed by atoms with Gasteiger partial charge in [0.2, 0.25) is 11.6 Å². The summed E-state index contributed by atoms with van der Waals surface area (Å²) in [6.07, 6.45) is 34.0. The summed E-state index contributed by atoms with van der Waals surface area (Å²) < 4.78 is 0. The molecule has 4 aromatic heterocycles. The van der Waals surface area contributed by atoms with Crippen LogP contribution in [0.5, 0.6) is 0 Å². The Balaban J connectivity index is 1.51. The minimum Gasteiger partial charge on any atom is -0.243 e. The van der Waals surface area contributed by atoms with E-state index in [0.29, 0.717) is 11.6 Å². The van der Waals surface area contributed by atoms with Crippen LogP contribution < -0.4 is 0 Å². The van der Waals surface area contributed by atoms with Crippen molar-refractivity contribution in [3.8, 4) is 34.4 Å². The van der Waals surface area contributed by atoms with Crippen LogP contribution in [0.25, 0.3) is 34.4 Å². The molecule has 0 aliphatic heterocycles. The smallest absolute Gasteiger partial charge is 0.200 e. The minimum atomic E-state index is 0.587. The van der Waals surface area contributed by atoms with Gasteiger partial charge < -0.3 is 0 Å². The Morgan fingerprint density at radius 1 is 0.286 bits per heavy atom. The number of aromatic nitrogens is 8. The summed E-state index contributed by atoms with van der Waals surface area (Å²) in [6, 6.07) is 12.0. The zero-order chi connectivity index (χ0) is 39.5. The molecule has 0 fully saturated rings. The van der Waals surface area contributed by atoms with E-state index in [0.717, 1.165) is 96.9 Å². The summed E-state index contributed by atoms with van der Waals surface area (Å²) in [6.45, 7) is 9.08. The van der Waals surface area contributed by atoms with Crippen LogP contribution in [0.2, 0.25) is 0 Å². The monoisotopic (exact) mass is 763 g/mol. The molecule has 56 heavy (non-hydrogen) atoms. The molecule has 0 N–H and O–H groups in total. The molecule has 0 unspecified atom stereocenters. The third-order valence-corrected chi connectivity index (χ3v) is 11.0. The second kappa shape index (κ2) is 27.8. The molecular weight excluding hydrogens is 689 g/mol. The molecule has 0 saturated carbocycles. The topological polar surface area (TPSA) is 103 Å². The highest BCUT2D eigenvalue weighted by Crippen LogP contribution is 2.24. The Morgan fingerprint density at radius 3 is 0.911 bits per heavy atom. The zero-order valence-corrected chi connectivity index (χ0v) is 35.8. The Morgan fingerprint density at radius 2 is 0.571 bits per heavy atom. The lowest BCUT2D eigenvalue weighted by atomic mass is 10.0. The molecule has 0 radical (unpaired) electrons. The second-order valence-electron chi connectivity index (χ2n) is 15.9. The maximum Gasteiger partial charge on any atom is 0.200 e. The summed E-state index contributed by atoms with van der Waals surface area (Å²) in [7, 11) is 0. The molecule has 0 amide bonds. The highest BCUT2D eigenvalue weighted by atomic mass is 15.2. The predicted molar refractivity (Wildman–Crippen MR) is 233 cm³/mol. The van der Waals surface area contributed by atoms with Crippen molar-refractivity contribution < 1.29 is 0 Å². The van der Waals surface area contributed by atoms with Gasteiger partial charge in [0.1, 0.15) is 11.4 Å². The SMILES string of the molecule is CCCCCCCCc1nnc(-c2cccc(-c3cccc(-c4nnc(CCCCCCCC)c(CCCCCCCC)n4)n3)n2)nc1CCCCCCCC. The number of pyridine rings is 2. The van der Waals surface area contributed by atoms with E-state index in [2.05, 4.69) is 37.9 Å². The van der Waals surface area contributed by atoms with Crippen LogP contribution in [0.1, 0.15) is 205 Å². The van der Waals surface area contributed by atoms with Crippen LogP contribution in [0.15, 0.2) is 36.4 Å². The first-order chi connectivity index (χ1) is 27.7. The third-order valence-electron chi connectivity index (χ3n) is 11.0. The van der Waals surface area contributed by atoms with Crippen LogP contribution in [-0.2, 0) is 25.7 Å². The molecule has 0 spiro atoms. The largest absolute Gasteiger partial charge is 0.243 e. The first-order valence-electron chi connectivity index (χ1n) is 23.1. The maximum absolute atomic E-state index is 5.12. The summed E-state index contributed by atoms with van der Waals surface area (Å²) >= 11 is 0. The van der Waals surface area contributed by atoms with Gasteiger partial charge in [-0.15, -0.1) is 10.2 Å². The molecule has 8 heteroatoms. The Hall–Kier alpha value is -3.68. The summed E-state index contributed by atoms with van der Waals surface area (Å²) in [5, 5.41) is 18.8. The van der Waals surface area contributed by atoms with Crippen molar-refractivity contribution in [3.63, 3.8) is 0 Å². The fourth-order valence-electron chi connectivity index (χ4n) is 7.46. The number of hydrogen-bond acceptors (Lipinski definition) is 8. The molecule has 4 aromatic rings. The van der Waals surface area contributed by atoms with E-state index in [4.69, 9.17) is 30.1 Å². The van der Waals surface area contributed by atoms with Gasteiger partial charge in [-0.3, -0.25) is 0 Å². The number of nitrogens with zero attached hydrogens (tertiary/aromatic N) is 8. The van der Waals surface area contributed by atoms with Crippen molar-refractivity contribution in [2.75, 3.05) is 0 Å². The molecule has 4 heterocycles. The number of unbranched alkanes of at least 4 members (excludes halogenated alkanes) is 20. The molecule has 306 valence electrons. The molecule has 0 bridgehead atoms. The van der Waals surface area contributed by atoms with Crippen LogP contribution in [0.4, 0.5) is 0 Å². The van der Waals surface area contributed by atoms with Crippen molar-refractivity contribution in [2.24, 2.45) is 0 Å². The average Bonchev–Trinajstić information content (AvgIpc) is 3.23. The van der Waals surface area contributed by atoms with Crippen molar-refractivity contribution in [3.05, 3.63) is 59.2 Å². The number of rotatable bonds is 31. The summed E-state index contributed by atoms with van der Waals surface area (Å²) in [5.74, 6) is 1.17. The fraction of sp³-hybridized carbons (Fsp3) is 0.667. The Kier molecular flexibility index (Phi) is 22.4. The first kappa shape index (κ1) is 45.0. The van der Waals surface area contributed by atoms with Gasteiger partial charge in [0.15, 0.2) is 0 Å². The number of hydrogen-bond donors (Lipinski definition) is 0. The van der Waals surface area contributed by atoms with Crippen molar-refractivity contribution in [1.29, 1.82) is 0 Å². The van der Waals surface area contributed by atoms with E-state index in [1.54, 1.807) is 0 Å². The third kappa shape index (κ3) is 16.4. The van der Waals surface area contributed by atoms with Crippen LogP contribution in [-0.4, -0.2) is 40.3 Å². The van der Waals surface area contributed by atoms with Gasteiger partial charge in [0.25, 0.3) is 0 Å². The molecule has 0 atom stereocenters. The molecule has 0 aliphatic rings. The van der Waals surface area contributed by atoms with E-state index in [1.807, 2.05) is 36.4 Å². The van der Waals surface area contributed by atoms with Gasteiger partial charge in [0.05, 0.1) is 34.2 Å². The Bertz CT molecular complexity index is 1520. The number of aryl methyl sites for hydroxylation is 4. The molecule has 0 aromatic carbocycles. The van der Waals surface area contributed by atoms with Gasteiger partial charge in [-0.25, -0.2) is 19.9 Å². The fourth-order valence-corrected chi connectivity index (χ4v) is 7.46. The molecule has 8 nitrogen and oxygen atoms in total. The van der Waals surface area contributed by atoms with Gasteiger partial charge in [-0.05, 0) is 75.6 Å². The molecule has 4 rings (SSSR count). The van der Waals surface area contributed by atoms with Gasteiger partial charge in [-0.2, -0.15) is 10.2 Å². The zero-order valence-electron chi connectivity index (χ0n) is 35.8. The van der Waals surface area contributed by atoms with Crippen molar-refractivity contribution in [1.82, 2.24) is 40.3 Å². The predicted octanol–water partition coefficient (Wildman–Crippen LogP) is 13.5. The van der Waals surface area contributed by atoms with Crippen LogP contribution in [0.3, 0.4) is 0 Å². The van der Waals surface area contributed by atoms with Crippen LogP contribution >= 0.6 is 0 Å². The van der Waals surface area contributed by atoms with E-state index in [1.165, 1.54) is 128 Å². The highest BCUT2D eigenvalue weighted by Gasteiger charge is 2.16. The molecule has 0 saturated heterocycles. The summed E-state index contributed by atoms with van der Waals surface area (Å²) in [4.78, 5) is 20.3. The molecular formula is C48H74N8. The van der Waals surface area contributed by atoms with E-state index >= 15 is 0 Å². The summed E-state index contributed by atoms with van der Waals surface area (Å²) in [5.41, 5.74) is 7.27. The Labute approximate surface area is 340 Å². The van der Waals surface area contributed by atoms with E-state index in [-0.39, 0.29) is 0 Å². The van der Waals surface area contributed by atoms with Gasteiger partial charge >= 0.3 is 0 Å². The lowest BCUT2D eigenvalue weighted by Crippen LogP contribution is -2.08. The standard InChI is InChI=1S/C48H74N8/c1-5-9-13-17-21-25-31-41-43(33-27-23-19-15-11-7-3)53-55-47(51-41)45-37-29-35-39(49-45)40-36-30-38-46(50-40)48-52-42(32-26-22-18-14-10-6-2)44(54-56-48)34-28-24-20-16-12-8-4/h29-30,35-38H,5-28,31-34H2,1-4H3. The quantitative estimate of drug-likeness (QED) is 0.0467. The highest BCUT2D eigenvalue weighted by molar-refractivity contribution is 5.62. The van der Waals surface area contributed by atoms with Crippen molar-refractivity contribution >= 4 is 0 Å². The lowest BCUT2D eigenvalue weighted by molar-refractivity contribution is 0.588. The first-order valence-corrected chi connectivity index (χ1v) is 23.1. The van der Waals surface area contributed by atoms with Crippen LogP contribution in [0, 0.1) is 0 Å². The molecule has 0 aliphatic carbocycles. The maximum atomic E-state index is 5.12.